The molecule has 0 spiro atoms. The molecule has 2 amide bonds. The van der Waals surface area contributed by atoms with Crippen molar-refractivity contribution in [2.24, 2.45) is 0 Å². The highest BCUT2D eigenvalue weighted by atomic mass is 16.5. The predicted molar refractivity (Wildman–Crippen MR) is 103 cm³/mol. The van der Waals surface area contributed by atoms with Crippen LogP contribution in [0.25, 0.3) is 0 Å². The van der Waals surface area contributed by atoms with Crippen LogP contribution in [0, 0.1) is 13.8 Å². The Hall–Kier alpha value is -3.34. The van der Waals surface area contributed by atoms with Crippen LogP contribution in [-0.2, 0) is 6.54 Å². The summed E-state index contributed by atoms with van der Waals surface area (Å²) in [7, 11) is 0. The molecule has 2 aromatic carbocycles. The van der Waals surface area contributed by atoms with Crippen molar-refractivity contribution in [2.45, 2.75) is 20.4 Å². The van der Waals surface area contributed by atoms with Crippen LogP contribution in [0.4, 0.5) is 10.5 Å². The zero-order chi connectivity index (χ0) is 18.4. The Morgan fingerprint density at radius 3 is 2.35 bits per heavy atom. The fourth-order valence-corrected chi connectivity index (χ4v) is 2.52. The molecule has 3 aromatic rings. The first kappa shape index (κ1) is 17.5. The van der Waals surface area contributed by atoms with Gasteiger partial charge in [-0.3, -0.25) is 4.98 Å². The number of anilines is 1. The third-order valence-corrected chi connectivity index (χ3v) is 3.89. The zero-order valence-electron chi connectivity index (χ0n) is 14.8. The van der Waals surface area contributed by atoms with Crippen molar-refractivity contribution in [1.29, 1.82) is 0 Å². The molecule has 1 aromatic heterocycles. The van der Waals surface area contributed by atoms with Gasteiger partial charge in [-0.15, -0.1) is 0 Å². The van der Waals surface area contributed by atoms with E-state index in [-0.39, 0.29) is 6.03 Å². The molecule has 26 heavy (non-hydrogen) atoms. The molecule has 0 atom stereocenters. The van der Waals surface area contributed by atoms with Crippen LogP contribution >= 0.6 is 0 Å². The van der Waals surface area contributed by atoms with E-state index in [1.807, 2.05) is 56.3 Å². The topological polar surface area (TPSA) is 63.2 Å². The molecular formula is C21H21N3O2. The lowest BCUT2D eigenvalue weighted by molar-refractivity contribution is 0.251. The van der Waals surface area contributed by atoms with Crippen molar-refractivity contribution in [3.8, 4) is 11.5 Å². The van der Waals surface area contributed by atoms with Crippen LogP contribution in [0.1, 0.15) is 16.7 Å². The van der Waals surface area contributed by atoms with E-state index >= 15 is 0 Å². The monoisotopic (exact) mass is 347 g/mol. The Balaban J connectivity index is 1.52. The smallest absolute Gasteiger partial charge is 0.319 e. The van der Waals surface area contributed by atoms with Crippen molar-refractivity contribution >= 4 is 11.7 Å². The standard InChI is InChI=1S/C21H21N3O2/c1-15-3-8-20(16(2)13-15)24-21(25)23-14-17-4-6-18(7-5-17)26-19-9-11-22-12-10-19/h3-13H,14H2,1-2H3,(H2,23,24,25). The predicted octanol–water partition coefficient (Wildman–Crippen LogP) is 4.81. The van der Waals surface area contributed by atoms with Gasteiger partial charge in [0.1, 0.15) is 11.5 Å². The maximum absolute atomic E-state index is 12.1. The second-order valence-corrected chi connectivity index (χ2v) is 6.05. The number of amides is 2. The van der Waals surface area contributed by atoms with Gasteiger partial charge in [0.2, 0.25) is 0 Å². The Morgan fingerprint density at radius 1 is 0.962 bits per heavy atom. The van der Waals surface area contributed by atoms with E-state index in [2.05, 4.69) is 15.6 Å². The van der Waals surface area contributed by atoms with E-state index in [9.17, 15) is 4.79 Å². The molecule has 0 aliphatic heterocycles. The quantitative estimate of drug-likeness (QED) is 0.696. The largest absolute Gasteiger partial charge is 0.457 e. The van der Waals surface area contributed by atoms with Crippen LogP contribution in [-0.4, -0.2) is 11.0 Å². The zero-order valence-corrected chi connectivity index (χ0v) is 14.8. The second kappa shape index (κ2) is 8.16. The number of nitrogens with one attached hydrogen (secondary N) is 2. The van der Waals surface area contributed by atoms with E-state index in [0.29, 0.717) is 6.54 Å². The fraction of sp³-hybridized carbons (Fsp3) is 0.143. The molecule has 0 saturated heterocycles. The summed E-state index contributed by atoms with van der Waals surface area (Å²) in [6.45, 7) is 4.44. The first-order valence-electron chi connectivity index (χ1n) is 8.39. The number of carbonyl (C=O) groups is 1. The number of carbonyl (C=O) groups excluding carboxylic acids is 1. The van der Waals surface area contributed by atoms with Crippen molar-refractivity contribution in [1.82, 2.24) is 10.3 Å². The van der Waals surface area contributed by atoms with Crippen LogP contribution in [0.5, 0.6) is 11.5 Å². The van der Waals surface area contributed by atoms with E-state index in [1.54, 1.807) is 24.5 Å². The lowest BCUT2D eigenvalue weighted by atomic mass is 10.1. The number of urea groups is 1. The summed E-state index contributed by atoms with van der Waals surface area (Å²) >= 11 is 0. The molecule has 1 heterocycles. The summed E-state index contributed by atoms with van der Waals surface area (Å²) in [5.74, 6) is 1.47. The molecule has 0 bridgehead atoms. The number of rotatable bonds is 5. The van der Waals surface area contributed by atoms with Crippen molar-refractivity contribution in [2.75, 3.05) is 5.32 Å². The Bertz CT molecular complexity index is 878. The number of aromatic nitrogens is 1. The average molecular weight is 347 g/mol. The molecular weight excluding hydrogens is 326 g/mol. The number of nitrogens with zero attached hydrogens (tertiary/aromatic N) is 1. The normalized spacial score (nSPS) is 10.2. The van der Waals surface area contributed by atoms with Gasteiger partial charge in [0.25, 0.3) is 0 Å². The van der Waals surface area contributed by atoms with Crippen molar-refractivity contribution in [3.63, 3.8) is 0 Å². The van der Waals surface area contributed by atoms with Gasteiger partial charge in [0.05, 0.1) is 0 Å². The molecule has 5 heteroatoms. The fourth-order valence-electron chi connectivity index (χ4n) is 2.52. The number of benzene rings is 2. The van der Waals surface area contributed by atoms with Crippen LogP contribution in [0.15, 0.2) is 67.0 Å². The molecule has 0 aliphatic carbocycles. The number of pyridine rings is 1. The summed E-state index contributed by atoms with van der Waals surface area (Å²) in [5, 5.41) is 5.73. The van der Waals surface area contributed by atoms with Crippen LogP contribution < -0.4 is 15.4 Å². The molecule has 2 N–H and O–H groups in total. The highest BCUT2D eigenvalue weighted by Gasteiger charge is 2.05. The summed E-state index contributed by atoms with van der Waals surface area (Å²) in [6, 6.07) is 16.9. The summed E-state index contributed by atoms with van der Waals surface area (Å²) in [5.41, 5.74) is 4.01. The lowest BCUT2D eigenvalue weighted by Crippen LogP contribution is -2.28. The minimum atomic E-state index is -0.228. The van der Waals surface area contributed by atoms with E-state index in [4.69, 9.17) is 4.74 Å². The maximum Gasteiger partial charge on any atom is 0.319 e. The van der Waals surface area contributed by atoms with E-state index in [0.717, 1.165) is 28.3 Å². The lowest BCUT2D eigenvalue weighted by Gasteiger charge is -2.11. The van der Waals surface area contributed by atoms with Gasteiger partial charge in [0, 0.05) is 24.6 Å². The van der Waals surface area contributed by atoms with E-state index in [1.165, 1.54) is 5.56 Å². The minimum Gasteiger partial charge on any atom is -0.457 e. The Labute approximate surface area is 153 Å². The number of aryl methyl sites for hydroxylation is 2. The average Bonchev–Trinajstić information content (AvgIpc) is 2.64. The molecule has 0 saturated carbocycles. The van der Waals surface area contributed by atoms with Gasteiger partial charge in [-0.2, -0.15) is 0 Å². The molecule has 0 fully saturated rings. The van der Waals surface area contributed by atoms with Crippen molar-refractivity contribution in [3.05, 3.63) is 83.7 Å². The first-order valence-corrected chi connectivity index (χ1v) is 8.39. The van der Waals surface area contributed by atoms with Crippen molar-refractivity contribution < 1.29 is 9.53 Å². The third kappa shape index (κ3) is 4.83. The summed E-state index contributed by atoms with van der Waals surface area (Å²) in [4.78, 5) is 16.0. The number of hydrogen-bond donors (Lipinski definition) is 2. The van der Waals surface area contributed by atoms with Gasteiger partial charge in [0.15, 0.2) is 0 Å². The Morgan fingerprint density at radius 2 is 1.65 bits per heavy atom. The van der Waals surface area contributed by atoms with Gasteiger partial charge < -0.3 is 15.4 Å². The van der Waals surface area contributed by atoms with Gasteiger partial charge >= 0.3 is 6.03 Å². The minimum absolute atomic E-state index is 0.228. The third-order valence-electron chi connectivity index (χ3n) is 3.89. The molecule has 5 nitrogen and oxygen atoms in total. The first-order chi connectivity index (χ1) is 12.6. The Kier molecular flexibility index (Phi) is 5.49. The van der Waals surface area contributed by atoms with Gasteiger partial charge in [-0.1, -0.05) is 29.8 Å². The molecule has 0 radical (unpaired) electrons. The molecule has 0 unspecified atom stereocenters. The van der Waals surface area contributed by atoms with E-state index < -0.39 is 0 Å². The molecule has 3 rings (SSSR count). The SMILES string of the molecule is Cc1ccc(NC(=O)NCc2ccc(Oc3ccncc3)cc2)c(C)c1. The van der Waals surface area contributed by atoms with Gasteiger partial charge in [-0.25, -0.2) is 4.79 Å². The summed E-state index contributed by atoms with van der Waals surface area (Å²) in [6.07, 6.45) is 3.37. The molecule has 132 valence electrons. The van der Waals surface area contributed by atoms with Crippen LogP contribution in [0.3, 0.4) is 0 Å². The highest BCUT2D eigenvalue weighted by Crippen LogP contribution is 2.20. The number of hydrogen-bond acceptors (Lipinski definition) is 3. The van der Waals surface area contributed by atoms with Crippen LogP contribution in [0.2, 0.25) is 0 Å². The maximum atomic E-state index is 12.1. The summed E-state index contributed by atoms with van der Waals surface area (Å²) < 4.78 is 5.72. The second-order valence-electron chi connectivity index (χ2n) is 6.05. The molecule has 0 aliphatic rings. The number of ether oxygens (including phenoxy) is 1. The van der Waals surface area contributed by atoms with Gasteiger partial charge in [-0.05, 0) is 55.3 Å². The highest BCUT2D eigenvalue weighted by molar-refractivity contribution is 5.90.